The molecule has 24 heavy (non-hydrogen) atoms. The largest absolute Gasteiger partial charge is 0.486 e. The predicted octanol–water partition coefficient (Wildman–Crippen LogP) is 1.00. The Kier molecular flexibility index (Phi) is 4.57. The number of nitrogen functional groups attached to an aromatic ring is 2. The first-order valence-corrected chi connectivity index (χ1v) is 7.59. The Morgan fingerprint density at radius 2 is 2.04 bits per heavy atom. The molecule has 3 rings (SSSR count). The van der Waals surface area contributed by atoms with E-state index in [9.17, 15) is 9.18 Å². The maximum atomic E-state index is 14.0. The predicted molar refractivity (Wildman–Crippen MR) is 87.7 cm³/mol. The maximum absolute atomic E-state index is 14.0. The second-order valence-electron chi connectivity index (χ2n) is 5.60. The van der Waals surface area contributed by atoms with Crippen LogP contribution in [0.3, 0.4) is 0 Å². The molecule has 0 aliphatic carbocycles. The molecule has 2 heterocycles. The van der Waals surface area contributed by atoms with Gasteiger partial charge in [0.25, 0.3) is 0 Å². The number of ether oxygens (including phenoxy) is 1. The van der Waals surface area contributed by atoms with Gasteiger partial charge >= 0.3 is 0 Å². The lowest BCUT2D eigenvalue weighted by molar-refractivity contribution is -0.124. The van der Waals surface area contributed by atoms with E-state index >= 15 is 0 Å². The molecule has 8 heteroatoms. The van der Waals surface area contributed by atoms with Crippen molar-refractivity contribution in [3.8, 4) is 17.0 Å². The van der Waals surface area contributed by atoms with Crippen LogP contribution in [0.25, 0.3) is 11.3 Å². The third-order valence-electron chi connectivity index (χ3n) is 3.92. The lowest BCUT2D eigenvalue weighted by Gasteiger charge is -2.10. The first-order valence-electron chi connectivity index (χ1n) is 7.59. The number of Topliss-reactive ketones (excluding diaryl/α,β-unsaturated/α-hetero) is 1. The van der Waals surface area contributed by atoms with Crippen LogP contribution in [0, 0.1) is 11.7 Å². The molecular weight excluding hydrogens is 313 g/mol. The van der Waals surface area contributed by atoms with Gasteiger partial charge in [-0.15, -0.1) is 0 Å². The number of hydrogen-bond donors (Lipinski definition) is 3. The van der Waals surface area contributed by atoms with E-state index in [1.807, 2.05) is 0 Å². The van der Waals surface area contributed by atoms with Crippen LogP contribution < -0.4 is 21.5 Å². The van der Waals surface area contributed by atoms with Crippen molar-refractivity contribution in [2.75, 3.05) is 31.2 Å². The first kappa shape index (κ1) is 16.1. The van der Waals surface area contributed by atoms with Crippen LogP contribution >= 0.6 is 0 Å². The van der Waals surface area contributed by atoms with Crippen molar-refractivity contribution >= 4 is 17.5 Å². The Balaban J connectivity index is 1.68. The van der Waals surface area contributed by atoms with Crippen molar-refractivity contribution in [3.05, 3.63) is 30.1 Å². The van der Waals surface area contributed by atoms with Gasteiger partial charge in [0.2, 0.25) is 5.95 Å². The van der Waals surface area contributed by atoms with Crippen LogP contribution in [0.4, 0.5) is 16.2 Å². The van der Waals surface area contributed by atoms with Crippen molar-refractivity contribution in [3.63, 3.8) is 0 Å². The van der Waals surface area contributed by atoms with E-state index in [-0.39, 0.29) is 35.8 Å². The molecular formula is C16H18FN5O2. The molecule has 1 aliphatic rings. The van der Waals surface area contributed by atoms with E-state index in [2.05, 4.69) is 15.3 Å². The normalized spacial score (nSPS) is 17.0. The van der Waals surface area contributed by atoms with E-state index in [1.54, 1.807) is 24.3 Å². The SMILES string of the molecule is Nc1nc(N)c(F)c(-c2ccc(OCC(=O)C3CCNC3)cc2)n1. The Morgan fingerprint density at radius 3 is 2.71 bits per heavy atom. The number of rotatable bonds is 5. The summed E-state index contributed by atoms with van der Waals surface area (Å²) >= 11 is 0. The minimum atomic E-state index is -0.721. The second-order valence-corrected chi connectivity index (χ2v) is 5.60. The fraction of sp³-hybridized carbons (Fsp3) is 0.312. The summed E-state index contributed by atoms with van der Waals surface area (Å²) in [4.78, 5) is 19.4. The van der Waals surface area contributed by atoms with Crippen molar-refractivity contribution < 1.29 is 13.9 Å². The maximum Gasteiger partial charge on any atom is 0.222 e. The molecule has 1 saturated heterocycles. The fourth-order valence-electron chi connectivity index (χ4n) is 2.58. The van der Waals surface area contributed by atoms with E-state index < -0.39 is 5.82 Å². The topological polar surface area (TPSA) is 116 Å². The molecule has 1 aliphatic heterocycles. The second kappa shape index (κ2) is 6.79. The van der Waals surface area contributed by atoms with Gasteiger partial charge in [0.15, 0.2) is 17.4 Å². The van der Waals surface area contributed by atoms with Crippen molar-refractivity contribution in [1.82, 2.24) is 15.3 Å². The van der Waals surface area contributed by atoms with Gasteiger partial charge in [-0.3, -0.25) is 4.79 Å². The Labute approximate surface area is 138 Å². The number of aromatic nitrogens is 2. The first-order chi connectivity index (χ1) is 11.5. The number of halogens is 1. The lowest BCUT2D eigenvalue weighted by Crippen LogP contribution is -2.23. The molecule has 1 aromatic heterocycles. The molecule has 0 saturated carbocycles. The van der Waals surface area contributed by atoms with Crippen molar-refractivity contribution in [2.24, 2.45) is 5.92 Å². The summed E-state index contributed by atoms with van der Waals surface area (Å²) in [5, 5.41) is 3.15. The highest BCUT2D eigenvalue weighted by atomic mass is 19.1. The van der Waals surface area contributed by atoms with Crippen LogP contribution in [0.2, 0.25) is 0 Å². The van der Waals surface area contributed by atoms with Gasteiger partial charge in [-0.25, -0.2) is 9.37 Å². The van der Waals surface area contributed by atoms with Crippen molar-refractivity contribution in [1.29, 1.82) is 0 Å². The number of anilines is 2. The quantitative estimate of drug-likeness (QED) is 0.748. The molecule has 0 radical (unpaired) electrons. The average Bonchev–Trinajstić information content (AvgIpc) is 3.11. The van der Waals surface area contributed by atoms with E-state index in [4.69, 9.17) is 16.2 Å². The molecule has 0 amide bonds. The summed E-state index contributed by atoms with van der Waals surface area (Å²) in [6, 6.07) is 6.54. The van der Waals surface area contributed by atoms with E-state index in [0.29, 0.717) is 17.9 Å². The molecule has 126 valence electrons. The van der Waals surface area contributed by atoms with Gasteiger partial charge in [0, 0.05) is 18.0 Å². The zero-order valence-corrected chi connectivity index (χ0v) is 13.0. The highest BCUT2D eigenvalue weighted by Crippen LogP contribution is 2.26. The van der Waals surface area contributed by atoms with Gasteiger partial charge in [0.05, 0.1) is 0 Å². The molecule has 0 spiro atoms. The number of nitrogens with two attached hydrogens (primary N) is 2. The number of carbonyl (C=O) groups is 1. The Bertz CT molecular complexity index is 745. The summed E-state index contributed by atoms with van der Waals surface area (Å²) in [6.45, 7) is 1.59. The third kappa shape index (κ3) is 3.43. The van der Waals surface area contributed by atoms with Gasteiger partial charge in [-0.1, -0.05) is 0 Å². The van der Waals surface area contributed by atoms with E-state index in [1.165, 1.54) is 0 Å². The molecule has 7 nitrogen and oxygen atoms in total. The van der Waals surface area contributed by atoms with Gasteiger partial charge in [-0.2, -0.15) is 4.98 Å². The third-order valence-corrected chi connectivity index (χ3v) is 3.92. The van der Waals surface area contributed by atoms with E-state index in [0.717, 1.165) is 13.0 Å². The van der Waals surface area contributed by atoms with Gasteiger partial charge in [-0.05, 0) is 37.2 Å². The summed E-state index contributed by atoms with van der Waals surface area (Å²) in [5.74, 6) is -0.499. The number of carbonyl (C=O) groups excluding carboxylic acids is 1. The summed E-state index contributed by atoms with van der Waals surface area (Å²) in [5.41, 5.74) is 11.5. The average molecular weight is 331 g/mol. The molecule has 1 unspecified atom stereocenters. The number of nitrogens with one attached hydrogen (secondary N) is 1. The molecule has 0 bridgehead atoms. The van der Waals surface area contributed by atoms with Gasteiger partial charge < -0.3 is 21.5 Å². The minimum absolute atomic E-state index is 0.0188. The molecule has 2 aromatic rings. The number of hydrogen-bond acceptors (Lipinski definition) is 7. The van der Waals surface area contributed by atoms with Gasteiger partial charge in [0.1, 0.15) is 18.1 Å². The van der Waals surface area contributed by atoms with Crippen LogP contribution in [0.1, 0.15) is 6.42 Å². The summed E-state index contributed by atoms with van der Waals surface area (Å²) in [7, 11) is 0. The monoisotopic (exact) mass is 331 g/mol. The molecule has 1 atom stereocenters. The summed E-state index contributed by atoms with van der Waals surface area (Å²) < 4.78 is 19.5. The number of benzene rings is 1. The highest BCUT2D eigenvalue weighted by molar-refractivity contribution is 5.83. The smallest absolute Gasteiger partial charge is 0.222 e. The molecule has 5 N–H and O–H groups in total. The molecule has 1 aromatic carbocycles. The van der Waals surface area contributed by atoms with Crippen LogP contribution in [-0.2, 0) is 4.79 Å². The zero-order valence-electron chi connectivity index (χ0n) is 13.0. The van der Waals surface area contributed by atoms with Crippen LogP contribution in [0.5, 0.6) is 5.75 Å². The standard InChI is InChI=1S/C16H18FN5O2/c17-13-14(21-16(19)22-15(13)18)9-1-3-11(4-2-9)24-8-12(23)10-5-6-20-7-10/h1-4,10,20H,5-8H2,(H4,18,19,21,22). The Morgan fingerprint density at radius 1 is 1.29 bits per heavy atom. The van der Waals surface area contributed by atoms with Crippen LogP contribution in [0.15, 0.2) is 24.3 Å². The number of ketones is 1. The molecule has 1 fully saturated rings. The highest BCUT2D eigenvalue weighted by Gasteiger charge is 2.22. The zero-order chi connectivity index (χ0) is 17.1. The number of nitrogens with zero attached hydrogens (tertiary/aromatic N) is 2. The van der Waals surface area contributed by atoms with Crippen molar-refractivity contribution in [2.45, 2.75) is 6.42 Å². The minimum Gasteiger partial charge on any atom is -0.486 e. The summed E-state index contributed by atoms with van der Waals surface area (Å²) in [6.07, 6.45) is 0.844. The fourth-order valence-corrected chi connectivity index (χ4v) is 2.58. The lowest BCUT2D eigenvalue weighted by atomic mass is 10.0. The Hall–Kier alpha value is -2.74. The van der Waals surface area contributed by atoms with Crippen LogP contribution in [-0.4, -0.2) is 35.4 Å².